The molecule has 0 aliphatic heterocycles. The molecule has 0 fully saturated rings. The number of H-pyrrole nitrogens is 1. The number of nitrogens with one attached hydrogen (secondary N) is 2. The minimum absolute atomic E-state index is 0.913. The van der Waals surface area contributed by atoms with Gasteiger partial charge >= 0.3 is 0 Å². The summed E-state index contributed by atoms with van der Waals surface area (Å²) >= 11 is 0. The largest absolute Gasteiger partial charge is 0.367 e. The minimum Gasteiger partial charge on any atom is -0.367 e. The number of rotatable bonds is 5. The molecule has 80 valence electrons. The number of nitrogens with zero attached hydrogens (tertiary/aromatic N) is 2. The molecular formula is C11H16N4. The maximum absolute atomic E-state index is 4.32. The molecule has 0 spiro atoms. The van der Waals surface area contributed by atoms with Gasteiger partial charge in [0.1, 0.15) is 0 Å². The normalized spacial score (nSPS) is 10.7. The molecule has 0 aliphatic carbocycles. The summed E-state index contributed by atoms with van der Waals surface area (Å²) in [6.07, 6.45) is 6.90. The number of hydrogen-bond acceptors (Lipinski definition) is 2. The molecule has 0 saturated heterocycles. The van der Waals surface area contributed by atoms with Gasteiger partial charge in [-0.25, -0.2) is 0 Å². The molecule has 2 N–H and O–H groups in total. The molecule has 4 heteroatoms. The lowest BCUT2D eigenvalue weighted by atomic mass is 10.3. The average molecular weight is 204 g/mol. The molecule has 0 unspecified atom stereocenters. The van der Waals surface area contributed by atoms with Gasteiger partial charge in [-0.1, -0.05) is 0 Å². The van der Waals surface area contributed by atoms with Gasteiger partial charge in [0.15, 0.2) is 0 Å². The molecule has 0 radical (unpaired) electrons. The third kappa shape index (κ3) is 2.95. The zero-order valence-corrected chi connectivity index (χ0v) is 8.90. The molecule has 0 aromatic carbocycles. The predicted molar refractivity (Wildman–Crippen MR) is 59.4 cm³/mol. The SMILES string of the molecule is Cn1ccc(CCNCc2cc[nH]c2)n1. The fraction of sp³-hybridized carbons (Fsp3) is 0.364. The van der Waals surface area contributed by atoms with E-state index in [1.165, 1.54) is 5.56 Å². The molecule has 0 saturated carbocycles. The summed E-state index contributed by atoms with van der Waals surface area (Å²) < 4.78 is 1.83. The van der Waals surface area contributed by atoms with E-state index in [1.54, 1.807) is 0 Å². The third-order valence-electron chi connectivity index (χ3n) is 2.32. The Balaban J connectivity index is 1.67. The van der Waals surface area contributed by atoms with E-state index in [4.69, 9.17) is 0 Å². The highest BCUT2D eigenvalue weighted by Gasteiger charge is 1.96. The van der Waals surface area contributed by atoms with E-state index in [0.717, 1.165) is 25.2 Å². The Morgan fingerprint density at radius 3 is 3.07 bits per heavy atom. The first-order valence-corrected chi connectivity index (χ1v) is 5.15. The van der Waals surface area contributed by atoms with Gasteiger partial charge in [0.2, 0.25) is 0 Å². The number of aromatic nitrogens is 3. The van der Waals surface area contributed by atoms with Crippen LogP contribution >= 0.6 is 0 Å². The molecule has 2 aromatic rings. The second kappa shape index (κ2) is 4.79. The summed E-state index contributed by atoms with van der Waals surface area (Å²) in [6.45, 7) is 1.87. The standard InChI is InChI=1S/C11H16N4/c1-15-7-4-11(14-15)3-6-13-9-10-2-5-12-8-10/h2,4-5,7-8,12-13H,3,6,9H2,1H3. The lowest BCUT2D eigenvalue weighted by Gasteiger charge is -2.00. The van der Waals surface area contributed by atoms with Gasteiger partial charge in [-0.3, -0.25) is 4.68 Å². The van der Waals surface area contributed by atoms with Crippen LogP contribution in [0.3, 0.4) is 0 Å². The van der Waals surface area contributed by atoms with Crippen LogP contribution in [0.2, 0.25) is 0 Å². The predicted octanol–water partition coefficient (Wildman–Crippen LogP) is 1.08. The first kappa shape index (κ1) is 9.98. The lowest BCUT2D eigenvalue weighted by molar-refractivity contribution is 0.666. The Bertz CT molecular complexity index is 388. The Kier molecular flexibility index (Phi) is 3.19. The van der Waals surface area contributed by atoms with E-state index in [0.29, 0.717) is 0 Å². The molecule has 0 bridgehead atoms. The van der Waals surface area contributed by atoms with Crippen molar-refractivity contribution in [3.05, 3.63) is 42.0 Å². The molecule has 4 nitrogen and oxygen atoms in total. The van der Waals surface area contributed by atoms with Crippen LogP contribution in [0.25, 0.3) is 0 Å². The maximum atomic E-state index is 4.32. The fourth-order valence-corrected chi connectivity index (χ4v) is 1.51. The van der Waals surface area contributed by atoms with Gasteiger partial charge in [0, 0.05) is 45.1 Å². The average Bonchev–Trinajstić information content (AvgIpc) is 2.84. The van der Waals surface area contributed by atoms with Crippen molar-refractivity contribution in [2.24, 2.45) is 7.05 Å². The van der Waals surface area contributed by atoms with E-state index in [9.17, 15) is 0 Å². The van der Waals surface area contributed by atoms with Gasteiger partial charge in [0.05, 0.1) is 5.69 Å². The van der Waals surface area contributed by atoms with Crippen LogP contribution in [0.4, 0.5) is 0 Å². The summed E-state index contributed by atoms with van der Waals surface area (Å²) in [5.41, 5.74) is 2.43. The van der Waals surface area contributed by atoms with E-state index in [-0.39, 0.29) is 0 Å². The second-order valence-corrected chi connectivity index (χ2v) is 3.63. The second-order valence-electron chi connectivity index (χ2n) is 3.63. The van der Waals surface area contributed by atoms with E-state index < -0.39 is 0 Å². The first-order chi connectivity index (χ1) is 7.34. The van der Waals surface area contributed by atoms with Crippen LogP contribution in [0, 0.1) is 0 Å². The number of aromatic amines is 1. The zero-order valence-electron chi connectivity index (χ0n) is 8.90. The lowest BCUT2D eigenvalue weighted by Crippen LogP contribution is -2.16. The van der Waals surface area contributed by atoms with Crippen LogP contribution in [-0.2, 0) is 20.0 Å². The van der Waals surface area contributed by atoms with Crippen LogP contribution in [-0.4, -0.2) is 21.3 Å². The number of hydrogen-bond donors (Lipinski definition) is 2. The van der Waals surface area contributed by atoms with Crippen LogP contribution in [0.15, 0.2) is 30.7 Å². The quantitative estimate of drug-likeness (QED) is 0.716. The Hall–Kier alpha value is -1.55. The molecule has 2 heterocycles. The summed E-state index contributed by atoms with van der Waals surface area (Å²) in [7, 11) is 1.94. The van der Waals surface area contributed by atoms with Crippen molar-refractivity contribution in [3.8, 4) is 0 Å². The molecule has 0 aliphatic rings. The van der Waals surface area contributed by atoms with E-state index in [2.05, 4.69) is 27.5 Å². The van der Waals surface area contributed by atoms with Crippen molar-refractivity contribution >= 4 is 0 Å². The van der Waals surface area contributed by atoms with Crippen molar-refractivity contribution < 1.29 is 0 Å². The third-order valence-corrected chi connectivity index (χ3v) is 2.32. The van der Waals surface area contributed by atoms with Crippen molar-refractivity contribution in [2.45, 2.75) is 13.0 Å². The van der Waals surface area contributed by atoms with Crippen LogP contribution in [0.5, 0.6) is 0 Å². The maximum Gasteiger partial charge on any atom is 0.0637 e. The topological polar surface area (TPSA) is 45.6 Å². The first-order valence-electron chi connectivity index (χ1n) is 5.15. The van der Waals surface area contributed by atoms with Crippen molar-refractivity contribution in [1.29, 1.82) is 0 Å². The molecule has 2 rings (SSSR count). The Morgan fingerprint density at radius 1 is 1.47 bits per heavy atom. The van der Waals surface area contributed by atoms with Crippen molar-refractivity contribution in [1.82, 2.24) is 20.1 Å². The monoisotopic (exact) mass is 204 g/mol. The van der Waals surface area contributed by atoms with Crippen LogP contribution < -0.4 is 5.32 Å². The zero-order chi connectivity index (χ0) is 10.5. The highest BCUT2D eigenvalue weighted by atomic mass is 15.2. The summed E-state index contributed by atoms with van der Waals surface area (Å²) in [6, 6.07) is 4.13. The Morgan fingerprint density at radius 2 is 2.40 bits per heavy atom. The van der Waals surface area contributed by atoms with Crippen LogP contribution in [0.1, 0.15) is 11.3 Å². The highest BCUT2D eigenvalue weighted by Crippen LogP contribution is 1.96. The highest BCUT2D eigenvalue weighted by molar-refractivity contribution is 5.07. The van der Waals surface area contributed by atoms with Gasteiger partial charge in [-0.2, -0.15) is 5.10 Å². The molecule has 15 heavy (non-hydrogen) atoms. The summed E-state index contributed by atoms with van der Waals surface area (Å²) in [5.74, 6) is 0. The van der Waals surface area contributed by atoms with Gasteiger partial charge in [0.25, 0.3) is 0 Å². The molecular weight excluding hydrogens is 188 g/mol. The van der Waals surface area contributed by atoms with E-state index >= 15 is 0 Å². The van der Waals surface area contributed by atoms with Crippen molar-refractivity contribution in [3.63, 3.8) is 0 Å². The molecule has 0 amide bonds. The fourth-order valence-electron chi connectivity index (χ4n) is 1.51. The molecule has 2 aromatic heterocycles. The molecule has 0 atom stereocenters. The van der Waals surface area contributed by atoms with Gasteiger partial charge in [-0.05, 0) is 17.7 Å². The van der Waals surface area contributed by atoms with Gasteiger partial charge in [-0.15, -0.1) is 0 Å². The summed E-state index contributed by atoms with van der Waals surface area (Å²) in [5, 5.41) is 7.69. The number of aryl methyl sites for hydroxylation is 1. The Labute approximate surface area is 89.3 Å². The summed E-state index contributed by atoms with van der Waals surface area (Å²) in [4.78, 5) is 3.04. The van der Waals surface area contributed by atoms with E-state index in [1.807, 2.05) is 30.3 Å². The minimum atomic E-state index is 0.913. The van der Waals surface area contributed by atoms with Gasteiger partial charge < -0.3 is 10.3 Å². The smallest absolute Gasteiger partial charge is 0.0637 e. The van der Waals surface area contributed by atoms with Crippen molar-refractivity contribution in [2.75, 3.05) is 6.54 Å².